The molecule has 0 saturated carbocycles. The van der Waals surface area contributed by atoms with Crippen LogP contribution in [0.4, 0.5) is 0 Å². The first-order valence-electron chi connectivity index (χ1n) is 11.4. The number of carbonyl (C=O) groups is 1. The largest absolute Gasteiger partial charge is 0.497 e. The number of aryl methyl sites for hydroxylation is 1. The molecule has 34 heavy (non-hydrogen) atoms. The van der Waals surface area contributed by atoms with Crippen molar-refractivity contribution in [2.24, 2.45) is 5.92 Å². The van der Waals surface area contributed by atoms with Gasteiger partial charge in [0.25, 0.3) is 0 Å². The molecule has 1 aliphatic heterocycles. The predicted molar refractivity (Wildman–Crippen MR) is 132 cm³/mol. The van der Waals surface area contributed by atoms with Crippen molar-refractivity contribution in [1.82, 2.24) is 9.62 Å². The number of rotatable bonds is 7. The van der Waals surface area contributed by atoms with Gasteiger partial charge in [-0.1, -0.05) is 60.2 Å². The highest BCUT2D eigenvalue weighted by Gasteiger charge is 2.34. The summed E-state index contributed by atoms with van der Waals surface area (Å²) in [7, 11) is -2.15. The molecule has 1 saturated heterocycles. The minimum atomic E-state index is -3.69. The van der Waals surface area contributed by atoms with Gasteiger partial charge in [-0.25, -0.2) is 8.42 Å². The molecule has 1 fully saturated rings. The molecule has 1 N–H and O–H groups in total. The zero-order chi connectivity index (χ0) is 24.1. The minimum Gasteiger partial charge on any atom is -0.497 e. The molecule has 2 unspecified atom stereocenters. The first-order valence-corrected chi connectivity index (χ1v) is 12.9. The van der Waals surface area contributed by atoms with E-state index in [1.165, 1.54) is 11.4 Å². The maximum absolute atomic E-state index is 13.4. The Balaban J connectivity index is 1.52. The molecule has 0 aromatic heterocycles. The lowest BCUT2D eigenvalue weighted by Crippen LogP contribution is -2.46. The van der Waals surface area contributed by atoms with Crippen LogP contribution in [0.5, 0.6) is 5.75 Å². The fourth-order valence-electron chi connectivity index (χ4n) is 4.30. The Bertz CT molecular complexity index is 1210. The third-order valence-corrected chi connectivity index (χ3v) is 8.16. The summed E-state index contributed by atoms with van der Waals surface area (Å²) in [5.74, 6) is 0.0420. The molecule has 3 aromatic carbocycles. The van der Waals surface area contributed by atoms with E-state index in [1.54, 1.807) is 24.3 Å². The van der Waals surface area contributed by atoms with Crippen LogP contribution >= 0.6 is 0 Å². The SMILES string of the molecule is COc1ccc(S(=O)(=O)N2CCCC(C(=O)NC(c3ccccc3)c3ccc(C)cc3)C2)cc1. The average Bonchev–Trinajstić information content (AvgIpc) is 2.88. The summed E-state index contributed by atoms with van der Waals surface area (Å²) in [6.45, 7) is 2.59. The molecule has 2 atom stereocenters. The number of methoxy groups -OCH3 is 1. The molecule has 1 aliphatic rings. The van der Waals surface area contributed by atoms with E-state index in [4.69, 9.17) is 4.74 Å². The summed E-state index contributed by atoms with van der Waals surface area (Å²) in [5.41, 5.74) is 3.12. The van der Waals surface area contributed by atoms with Crippen molar-refractivity contribution in [1.29, 1.82) is 0 Å². The van der Waals surface area contributed by atoms with E-state index in [9.17, 15) is 13.2 Å². The summed E-state index contributed by atoms with van der Waals surface area (Å²) in [6.07, 6.45) is 1.28. The van der Waals surface area contributed by atoms with Crippen molar-refractivity contribution in [3.8, 4) is 5.75 Å². The number of piperidine rings is 1. The van der Waals surface area contributed by atoms with Crippen LogP contribution in [0.25, 0.3) is 0 Å². The highest BCUT2D eigenvalue weighted by atomic mass is 32.2. The van der Waals surface area contributed by atoms with Crippen LogP contribution in [0.2, 0.25) is 0 Å². The third-order valence-electron chi connectivity index (χ3n) is 6.28. The molecule has 1 heterocycles. The van der Waals surface area contributed by atoms with Gasteiger partial charge < -0.3 is 10.1 Å². The lowest BCUT2D eigenvalue weighted by Gasteiger charge is -2.32. The second kappa shape index (κ2) is 10.4. The number of hydrogen-bond donors (Lipinski definition) is 1. The second-order valence-corrected chi connectivity index (χ2v) is 10.6. The Kier molecular flexibility index (Phi) is 7.34. The molecule has 1 amide bonds. The van der Waals surface area contributed by atoms with Gasteiger partial charge in [0, 0.05) is 13.1 Å². The molecule has 3 aromatic rings. The normalized spacial score (nSPS) is 17.6. The summed E-state index contributed by atoms with van der Waals surface area (Å²) < 4.78 is 33.0. The smallest absolute Gasteiger partial charge is 0.243 e. The number of amides is 1. The van der Waals surface area contributed by atoms with E-state index in [1.807, 2.05) is 61.5 Å². The van der Waals surface area contributed by atoms with Crippen molar-refractivity contribution in [2.45, 2.75) is 30.7 Å². The zero-order valence-electron chi connectivity index (χ0n) is 19.5. The second-order valence-electron chi connectivity index (χ2n) is 8.64. The van der Waals surface area contributed by atoms with Crippen LogP contribution in [0, 0.1) is 12.8 Å². The monoisotopic (exact) mass is 478 g/mol. The quantitative estimate of drug-likeness (QED) is 0.549. The first kappa shape index (κ1) is 24.0. The Morgan fingerprint density at radius 1 is 0.971 bits per heavy atom. The molecular formula is C27H30N2O4S. The molecule has 7 heteroatoms. The average molecular weight is 479 g/mol. The van der Waals surface area contributed by atoms with Gasteiger partial charge in [0.1, 0.15) is 5.75 Å². The van der Waals surface area contributed by atoms with Gasteiger partial charge in [-0.3, -0.25) is 4.79 Å². The fourth-order valence-corrected chi connectivity index (χ4v) is 5.82. The fraction of sp³-hybridized carbons (Fsp3) is 0.296. The van der Waals surface area contributed by atoms with E-state index in [0.717, 1.165) is 16.7 Å². The summed E-state index contributed by atoms with van der Waals surface area (Å²) >= 11 is 0. The Morgan fingerprint density at radius 2 is 1.62 bits per heavy atom. The van der Waals surface area contributed by atoms with Crippen molar-refractivity contribution in [3.63, 3.8) is 0 Å². The van der Waals surface area contributed by atoms with E-state index < -0.39 is 15.9 Å². The van der Waals surface area contributed by atoms with Crippen LogP contribution in [0.1, 0.15) is 35.6 Å². The number of nitrogens with zero attached hydrogens (tertiary/aromatic N) is 1. The summed E-state index contributed by atoms with van der Waals surface area (Å²) in [5, 5.41) is 3.19. The predicted octanol–water partition coefficient (Wildman–Crippen LogP) is 4.31. The Hall–Kier alpha value is -3.16. The number of nitrogens with one attached hydrogen (secondary N) is 1. The molecule has 0 spiro atoms. The van der Waals surface area contributed by atoms with Crippen LogP contribution in [-0.2, 0) is 14.8 Å². The molecule has 0 radical (unpaired) electrons. The Morgan fingerprint density at radius 3 is 2.26 bits per heavy atom. The Labute approximate surface area is 201 Å². The van der Waals surface area contributed by atoms with Crippen molar-refractivity contribution in [3.05, 3.63) is 95.6 Å². The number of carbonyl (C=O) groups excluding carboxylic acids is 1. The number of benzene rings is 3. The summed E-state index contributed by atoms with van der Waals surface area (Å²) in [4.78, 5) is 13.6. The van der Waals surface area contributed by atoms with Crippen LogP contribution in [0.3, 0.4) is 0 Å². The highest BCUT2D eigenvalue weighted by molar-refractivity contribution is 7.89. The zero-order valence-corrected chi connectivity index (χ0v) is 20.3. The molecule has 6 nitrogen and oxygen atoms in total. The van der Waals surface area contributed by atoms with Crippen molar-refractivity contribution in [2.75, 3.05) is 20.2 Å². The van der Waals surface area contributed by atoms with E-state index in [0.29, 0.717) is 25.1 Å². The van der Waals surface area contributed by atoms with Crippen molar-refractivity contribution < 1.29 is 17.9 Å². The van der Waals surface area contributed by atoms with E-state index >= 15 is 0 Å². The van der Waals surface area contributed by atoms with Gasteiger partial charge in [0.15, 0.2) is 0 Å². The maximum atomic E-state index is 13.4. The number of sulfonamides is 1. The lowest BCUT2D eigenvalue weighted by molar-refractivity contribution is -0.126. The van der Waals surface area contributed by atoms with E-state index in [-0.39, 0.29) is 23.4 Å². The molecule has 0 aliphatic carbocycles. The summed E-state index contributed by atoms with van der Waals surface area (Å²) in [6, 6.07) is 24.0. The van der Waals surface area contributed by atoms with Gasteiger partial charge in [0.2, 0.25) is 15.9 Å². The first-order chi connectivity index (χ1) is 16.4. The number of hydrogen-bond acceptors (Lipinski definition) is 4. The number of ether oxygens (including phenoxy) is 1. The molecular weight excluding hydrogens is 448 g/mol. The minimum absolute atomic E-state index is 0.135. The molecule has 178 valence electrons. The van der Waals surface area contributed by atoms with Crippen LogP contribution < -0.4 is 10.1 Å². The maximum Gasteiger partial charge on any atom is 0.243 e. The standard InChI is InChI=1S/C27H30N2O4S/c1-20-10-12-22(13-11-20)26(21-7-4-3-5-8-21)28-27(30)23-9-6-18-29(19-23)34(31,32)25-16-14-24(33-2)15-17-25/h3-5,7-8,10-17,23,26H,6,9,18-19H2,1-2H3,(H,28,30). The third kappa shape index (κ3) is 5.32. The van der Waals surface area contributed by atoms with Gasteiger partial charge in [0.05, 0.1) is 24.0 Å². The van der Waals surface area contributed by atoms with Gasteiger partial charge >= 0.3 is 0 Å². The van der Waals surface area contributed by atoms with Gasteiger partial charge in [-0.2, -0.15) is 4.31 Å². The van der Waals surface area contributed by atoms with Gasteiger partial charge in [-0.05, 0) is 55.2 Å². The topological polar surface area (TPSA) is 75.7 Å². The van der Waals surface area contributed by atoms with Crippen LogP contribution in [0.15, 0.2) is 83.8 Å². The molecule has 4 rings (SSSR count). The van der Waals surface area contributed by atoms with Crippen LogP contribution in [-0.4, -0.2) is 38.8 Å². The lowest BCUT2D eigenvalue weighted by atomic mass is 9.94. The highest BCUT2D eigenvalue weighted by Crippen LogP contribution is 2.27. The van der Waals surface area contributed by atoms with E-state index in [2.05, 4.69) is 5.32 Å². The molecule has 0 bridgehead atoms. The van der Waals surface area contributed by atoms with Gasteiger partial charge in [-0.15, -0.1) is 0 Å². The van der Waals surface area contributed by atoms with Crippen molar-refractivity contribution >= 4 is 15.9 Å².